The van der Waals surface area contributed by atoms with Crippen molar-refractivity contribution in [2.45, 2.75) is 25.2 Å². The van der Waals surface area contributed by atoms with Crippen LogP contribution in [0.3, 0.4) is 0 Å². The number of aromatic amines is 2. The first-order valence-corrected chi connectivity index (χ1v) is 9.03. The third kappa shape index (κ3) is 3.30. The van der Waals surface area contributed by atoms with Crippen molar-refractivity contribution in [3.8, 4) is 0 Å². The van der Waals surface area contributed by atoms with Crippen LogP contribution in [0.1, 0.15) is 30.1 Å². The SMILES string of the molecule is Cn1c(=O)[nH]cc(CC(=O)N2CCCC(c3nc4ccccc4[nH]3)C2)c1=O. The van der Waals surface area contributed by atoms with E-state index in [-0.39, 0.29) is 18.2 Å². The number of nitrogens with one attached hydrogen (secondary N) is 2. The third-order valence-corrected chi connectivity index (χ3v) is 5.16. The van der Waals surface area contributed by atoms with Crippen LogP contribution in [0.25, 0.3) is 11.0 Å². The van der Waals surface area contributed by atoms with Gasteiger partial charge in [0.05, 0.1) is 17.5 Å². The number of hydrogen-bond acceptors (Lipinski definition) is 4. The number of imidazole rings is 1. The predicted octanol–water partition coefficient (Wildman–Crippen LogP) is 0.899. The van der Waals surface area contributed by atoms with Crippen molar-refractivity contribution in [2.75, 3.05) is 13.1 Å². The van der Waals surface area contributed by atoms with E-state index >= 15 is 0 Å². The number of H-pyrrole nitrogens is 2. The molecular weight excluding hydrogens is 346 g/mol. The standard InChI is InChI=1S/C19H21N5O3/c1-23-18(26)13(10-20-19(23)27)9-16(25)24-8-4-5-12(11-24)17-21-14-6-2-3-7-15(14)22-17/h2-3,6-7,10,12H,4-5,8-9,11H2,1H3,(H,20,27)(H,21,22). The van der Waals surface area contributed by atoms with E-state index in [1.54, 1.807) is 4.90 Å². The number of carbonyl (C=O) groups excluding carboxylic acids is 1. The van der Waals surface area contributed by atoms with Gasteiger partial charge >= 0.3 is 5.69 Å². The Balaban J connectivity index is 1.51. The fourth-order valence-corrected chi connectivity index (χ4v) is 3.61. The summed E-state index contributed by atoms with van der Waals surface area (Å²) in [5, 5.41) is 0. The molecule has 0 bridgehead atoms. The number of aromatic nitrogens is 4. The summed E-state index contributed by atoms with van der Waals surface area (Å²) in [6, 6.07) is 7.87. The fourth-order valence-electron chi connectivity index (χ4n) is 3.61. The Kier molecular flexibility index (Phi) is 4.39. The highest BCUT2D eigenvalue weighted by Crippen LogP contribution is 2.27. The molecule has 0 aliphatic carbocycles. The average molecular weight is 367 g/mol. The molecule has 0 spiro atoms. The number of fused-ring (bicyclic) bond motifs is 1. The van der Waals surface area contributed by atoms with Crippen LogP contribution in [0.5, 0.6) is 0 Å². The van der Waals surface area contributed by atoms with Crippen LogP contribution in [0.2, 0.25) is 0 Å². The van der Waals surface area contributed by atoms with Crippen molar-refractivity contribution >= 4 is 16.9 Å². The van der Waals surface area contributed by atoms with E-state index in [4.69, 9.17) is 0 Å². The van der Waals surface area contributed by atoms with Crippen molar-refractivity contribution < 1.29 is 4.79 Å². The smallest absolute Gasteiger partial charge is 0.328 e. The fraction of sp³-hybridized carbons (Fsp3) is 0.368. The van der Waals surface area contributed by atoms with Crippen LogP contribution in [-0.2, 0) is 18.3 Å². The van der Waals surface area contributed by atoms with Crippen molar-refractivity contribution in [2.24, 2.45) is 7.05 Å². The lowest BCUT2D eigenvalue weighted by Gasteiger charge is -2.32. The number of rotatable bonds is 3. The zero-order valence-electron chi connectivity index (χ0n) is 15.1. The second-order valence-electron chi connectivity index (χ2n) is 6.98. The van der Waals surface area contributed by atoms with Crippen LogP contribution in [0.15, 0.2) is 40.1 Å². The van der Waals surface area contributed by atoms with Gasteiger partial charge in [-0.25, -0.2) is 9.78 Å². The second-order valence-corrected chi connectivity index (χ2v) is 6.98. The molecule has 3 heterocycles. The molecule has 2 aromatic heterocycles. The molecule has 1 unspecified atom stereocenters. The Morgan fingerprint density at radius 2 is 2.11 bits per heavy atom. The second kappa shape index (κ2) is 6.86. The maximum absolute atomic E-state index is 12.7. The van der Waals surface area contributed by atoms with Crippen LogP contribution in [0, 0.1) is 0 Å². The molecule has 1 amide bonds. The monoisotopic (exact) mass is 367 g/mol. The van der Waals surface area contributed by atoms with Crippen LogP contribution in [-0.4, -0.2) is 43.4 Å². The van der Waals surface area contributed by atoms with E-state index in [1.165, 1.54) is 13.2 Å². The minimum absolute atomic E-state index is 0.0176. The maximum atomic E-state index is 12.7. The van der Waals surface area contributed by atoms with E-state index in [2.05, 4.69) is 15.0 Å². The van der Waals surface area contributed by atoms with Gasteiger partial charge in [-0.1, -0.05) is 12.1 Å². The summed E-state index contributed by atoms with van der Waals surface area (Å²) in [5.74, 6) is 0.933. The zero-order valence-corrected chi connectivity index (χ0v) is 15.1. The molecule has 27 heavy (non-hydrogen) atoms. The molecule has 4 rings (SSSR count). The number of carbonyl (C=O) groups is 1. The number of para-hydroxylation sites is 2. The Morgan fingerprint density at radius 3 is 2.93 bits per heavy atom. The van der Waals surface area contributed by atoms with E-state index < -0.39 is 11.2 Å². The highest BCUT2D eigenvalue weighted by Gasteiger charge is 2.27. The van der Waals surface area contributed by atoms with Gasteiger partial charge in [0.25, 0.3) is 5.56 Å². The van der Waals surface area contributed by atoms with Gasteiger partial charge in [-0.3, -0.25) is 14.2 Å². The molecular formula is C19H21N5O3. The summed E-state index contributed by atoms with van der Waals surface area (Å²) >= 11 is 0. The lowest BCUT2D eigenvalue weighted by molar-refractivity contribution is -0.131. The lowest BCUT2D eigenvalue weighted by Crippen LogP contribution is -2.42. The number of piperidine rings is 1. The highest BCUT2D eigenvalue weighted by atomic mass is 16.2. The molecule has 140 valence electrons. The molecule has 1 fully saturated rings. The van der Waals surface area contributed by atoms with Gasteiger partial charge in [0.1, 0.15) is 5.82 Å². The van der Waals surface area contributed by atoms with E-state index in [0.717, 1.165) is 34.3 Å². The summed E-state index contributed by atoms with van der Waals surface area (Å²) in [6.45, 7) is 1.24. The van der Waals surface area contributed by atoms with Crippen LogP contribution >= 0.6 is 0 Å². The summed E-state index contributed by atoms with van der Waals surface area (Å²) in [7, 11) is 1.40. The minimum atomic E-state index is -0.487. The molecule has 0 radical (unpaired) electrons. The summed E-state index contributed by atoms with van der Waals surface area (Å²) in [5.41, 5.74) is 1.30. The first-order valence-electron chi connectivity index (χ1n) is 9.03. The van der Waals surface area contributed by atoms with Crippen LogP contribution < -0.4 is 11.2 Å². The number of hydrogen-bond donors (Lipinski definition) is 2. The Morgan fingerprint density at radius 1 is 1.30 bits per heavy atom. The highest BCUT2D eigenvalue weighted by molar-refractivity contribution is 5.79. The summed E-state index contributed by atoms with van der Waals surface area (Å²) in [4.78, 5) is 48.6. The summed E-state index contributed by atoms with van der Waals surface area (Å²) < 4.78 is 0.982. The Hall–Kier alpha value is -3.16. The number of amides is 1. The van der Waals surface area contributed by atoms with E-state index in [1.807, 2.05) is 24.3 Å². The first-order chi connectivity index (χ1) is 13.0. The Labute approximate surface area is 154 Å². The zero-order chi connectivity index (χ0) is 19.0. The molecule has 2 N–H and O–H groups in total. The van der Waals surface area contributed by atoms with Gasteiger partial charge in [0.15, 0.2) is 0 Å². The van der Waals surface area contributed by atoms with Gasteiger partial charge < -0.3 is 14.9 Å². The summed E-state index contributed by atoms with van der Waals surface area (Å²) in [6.07, 6.45) is 3.17. The predicted molar refractivity (Wildman–Crippen MR) is 101 cm³/mol. The molecule has 1 saturated heterocycles. The number of nitrogens with zero attached hydrogens (tertiary/aromatic N) is 3. The number of benzene rings is 1. The van der Waals surface area contributed by atoms with Gasteiger partial charge in [-0.15, -0.1) is 0 Å². The van der Waals surface area contributed by atoms with Gasteiger partial charge in [-0.05, 0) is 25.0 Å². The molecule has 1 atom stereocenters. The Bertz CT molecular complexity index is 1080. The van der Waals surface area contributed by atoms with Gasteiger partial charge in [-0.2, -0.15) is 0 Å². The molecule has 3 aromatic rings. The van der Waals surface area contributed by atoms with Gasteiger partial charge in [0.2, 0.25) is 5.91 Å². The first kappa shape index (κ1) is 17.3. The normalized spacial score (nSPS) is 17.4. The van der Waals surface area contributed by atoms with E-state index in [9.17, 15) is 14.4 Å². The maximum Gasteiger partial charge on any atom is 0.328 e. The molecule has 1 aliphatic rings. The topological polar surface area (TPSA) is 104 Å². The average Bonchev–Trinajstić information content (AvgIpc) is 3.13. The third-order valence-electron chi connectivity index (χ3n) is 5.16. The largest absolute Gasteiger partial charge is 0.342 e. The molecule has 8 heteroatoms. The molecule has 0 saturated carbocycles. The molecule has 1 aromatic carbocycles. The quantitative estimate of drug-likeness (QED) is 0.718. The molecule has 1 aliphatic heterocycles. The van der Waals surface area contributed by atoms with Gasteiger partial charge in [0, 0.05) is 37.8 Å². The van der Waals surface area contributed by atoms with Crippen molar-refractivity contribution in [3.05, 3.63) is 62.7 Å². The number of likely N-dealkylation sites (tertiary alicyclic amines) is 1. The minimum Gasteiger partial charge on any atom is -0.342 e. The van der Waals surface area contributed by atoms with Crippen molar-refractivity contribution in [3.63, 3.8) is 0 Å². The van der Waals surface area contributed by atoms with Crippen LogP contribution in [0.4, 0.5) is 0 Å². The van der Waals surface area contributed by atoms with Crippen molar-refractivity contribution in [1.29, 1.82) is 0 Å². The lowest BCUT2D eigenvalue weighted by atomic mass is 9.97. The molecule has 8 nitrogen and oxygen atoms in total. The van der Waals surface area contributed by atoms with Crippen molar-refractivity contribution in [1.82, 2.24) is 24.4 Å². The van der Waals surface area contributed by atoms with E-state index in [0.29, 0.717) is 18.7 Å².